The van der Waals surface area contributed by atoms with E-state index in [0.29, 0.717) is 29.9 Å². The number of nitrogens with zero attached hydrogens (tertiary/aromatic N) is 4. The van der Waals surface area contributed by atoms with Gasteiger partial charge in [0, 0.05) is 31.9 Å². The molecule has 0 atom stereocenters. The fourth-order valence-electron chi connectivity index (χ4n) is 3.40. The van der Waals surface area contributed by atoms with E-state index in [2.05, 4.69) is 25.3 Å². The Morgan fingerprint density at radius 3 is 2.47 bits per heavy atom. The standard InChI is InChI=1S/C22H24ClN5O2/c1-16-6-8-17(9-7-16)24-20(29)14-27-10-12-28(13-11-27)15-21-25-26-22(30-21)18-4-2-3-5-19(18)23/h2-9H,10-15H2,1H3,(H,24,29). The summed E-state index contributed by atoms with van der Waals surface area (Å²) in [5.41, 5.74) is 2.74. The summed E-state index contributed by atoms with van der Waals surface area (Å²) in [6, 6.07) is 15.2. The van der Waals surface area contributed by atoms with Gasteiger partial charge in [0.2, 0.25) is 17.7 Å². The molecule has 7 nitrogen and oxygen atoms in total. The molecule has 1 amide bonds. The molecule has 4 rings (SSSR count). The van der Waals surface area contributed by atoms with Gasteiger partial charge in [0.1, 0.15) is 0 Å². The number of aromatic nitrogens is 2. The van der Waals surface area contributed by atoms with Crippen molar-refractivity contribution in [2.24, 2.45) is 0 Å². The number of anilines is 1. The molecule has 8 heteroatoms. The number of rotatable bonds is 6. The zero-order chi connectivity index (χ0) is 20.9. The van der Waals surface area contributed by atoms with Crippen LogP contribution in [0.15, 0.2) is 52.9 Å². The topological polar surface area (TPSA) is 74.5 Å². The number of amides is 1. The van der Waals surface area contributed by atoms with E-state index in [1.165, 1.54) is 5.56 Å². The lowest BCUT2D eigenvalue weighted by Gasteiger charge is -2.33. The minimum Gasteiger partial charge on any atom is -0.419 e. The van der Waals surface area contributed by atoms with E-state index in [1.54, 1.807) is 6.07 Å². The molecular weight excluding hydrogens is 402 g/mol. The molecule has 30 heavy (non-hydrogen) atoms. The third kappa shape index (κ3) is 5.24. The minimum atomic E-state index is 0.00795. The van der Waals surface area contributed by atoms with Gasteiger partial charge >= 0.3 is 0 Å². The Labute approximate surface area is 180 Å². The summed E-state index contributed by atoms with van der Waals surface area (Å²) in [5.74, 6) is 1.01. The Bertz CT molecular complexity index is 997. The number of halogens is 1. The third-order valence-electron chi connectivity index (χ3n) is 5.10. The maximum absolute atomic E-state index is 12.3. The number of carbonyl (C=O) groups excluding carboxylic acids is 1. The van der Waals surface area contributed by atoms with Gasteiger partial charge in [-0.15, -0.1) is 10.2 Å². The molecule has 1 saturated heterocycles. The van der Waals surface area contributed by atoms with Crippen molar-refractivity contribution < 1.29 is 9.21 Å². The van der Waals surface area contributed by atoms with Gasteiger partial charge in [0.25, 0.3) is 0 Å². The van der Waals surface area contributed by atoms with E-state index in [4.69, 9.17) is 16.0 Å². The summed E-state index contributed by atoms with van der Waals surface area (Å²) < 4.78 is 5.79. The quantitative estimate of drug-likeness (QED) is 0.652. The maximum Gasteiger partial charge on any atom is 0.249 e. The van der Waals surface area contributed by atoms with Crippen LogP contribution in [0.1, 0.15) is 11.5 Å². The highest BCUT2D eigenvalue weighted by Gasteiger charge is 2.21. The lowest BCUT2D eigenvalue weighted by Crippen LogP contribution is -2.48. The normalized spacial score (nSPS) is 15.3. The molecule has 2 heterocycles. The van der Waals surface area contributed by atoms with Gasteiger partial charge in [-0.1, -0.05) is 41.4 Å². The second-order valence-corrected chi connectivity index (χ2v) is 7.85. The van der Waals surface area contributed by atoms with Gasteiger partial charge < -0.3 is 9.73 Å². The highest BCUT2D eigenvalue weighted by atomic mass is 35.5. The molecule has 1 aliphatic heterocycles. The van der Waals surface area contributed by atoms with Gasteiger partial charge in [-0.2, -0.15) is 0 Å². The zero-order valence-electron chi connectivity index (χ0n) is 16.8. The Morgan fingerprint density at radius 2 is 1.73 bits per heavy atom. The number of hydrogen-bond acceptors (Lipinski definition) is 6. The first-order chi connectivity index (χ1) is 14.6. The molecule has 1 aliphatic rings. The lowest BCUT2D eigenvalue weighted by molar-refractivity contribution is -0.117. The SMILES string of the molecule is Cc1ccc(NC(=O)CN2CCN(Cc3nnc(-c4ccccc4Cl)o3)CC2)cc1. The molecular formula is C22H24ClN5O2. The average Bonchev–Trinajstić information content (AvgIpc) is 3.20. The van der Waals surface area contributed by atoms with Crippen molar-refractivity contribution in [3.8, 4) is 11.5 Å². The van der Waals surface area contributed by atoms with Crippen molar-refractivity contribution in [1.29, 1.82) is 0 Å². The molecule has 0 aliphatic carbocycles. The Kier molecular flexibility index (Phi) is 6.42. The van der Waals surface area contributed by atoms with Gasteiger partial charge in [-0.05, 0) is 31.2 Å². The molecule has 2 aromatic carbocycles. The fraction of sp³-hybridized carbons (Fsp3) is 0.318. The first-order valence-electron chi connectivity index (χ1n) is 9.95. The van der Waals surface area contributed by atoms with Crippen molar-refractivity contribution in [2.45, 2.75) is 13.5 Å². The van der Waals surface area contributed by atoms with Crippen LogP contribution in [-0.4, -0.2) is 58.6 Å². The number of carbonyl (C=O) groups is 1. The number of hydrogen-bond donors (Lipinski definition) is 1. The summed E-state index contributed by atoms with van der Waals surface area (Å²) >= 11 is 6.20. The molecule has 156 valence electrons. The van der Waals surface area contributed by atoms with E-state index in [9.17, 15) is 4.79 Å². The van der Waals surface area contributed by atoms with Gasteiger partial charge in [0.05, 0.1) is 23.7 Å². The second-order valence-electron chi connectivity index (χ2n) is 7.45. The number of piperazine rings is 1. The molecule has 0 spiro atoms. The predicted molar refractivity (Wildman–Crippen MR) is 116 cm³/mol. The fourth-order valence-corrected chi connectivity index (χ4v) is 3.61. The van der Waals surface area contributed by atoms with Crippen molar-refractivity contribution in [3.63, 3.8) is 0 Å². The first-order valence-corrected chi connectivity index (χ1v) is 10.3. The molecule has 0 bridgehead atoms. The highest BCUT2D eigenvalue weighted by molar-refractivity contribution is 6.33. The molecule has 0 unspecified atom stereocenters. The average molecular weight is 426 g/mol. The number of nitrogens with one attached hydrogen (secondary N) is 1. The molecule has 1 N–H and O–H groups in total. The summed E-state index contributed by atoms with van der Waals surface area (Å²) in [6.07, 6.45) is 0. The van der Waals surface area contributed by atoms with Crippen molar-refractivity contribution >= 4 is 23.2 Å². The third-order valence-corrected chi connectivity index (χ3v) is 5.43. The monoisotopic (exact) mass is 425 g/mol. The lowest BCUT2D eigenvalue weighted by atomic mass is 10.2. The smallest absolute Gasteiger partial charge is 0.249 e. The molecule has 3 aromatic rings. The number of benzene rings is 2. The summed E-state index contributed by atoms with van der Waals surface area (Å²) in [5, 5.41) is 11.8. The van der Waals surface area contributed by atoms with Gasteiger partial charge in [-0.3, -0.25) is 14.6 Å². The first kappa shape index (κ1) is 20.5. The Balaban J connectivity index is 1.24. The highest BCUT2D eigenvalue weighted by Crippen LogP contribution is 2.26. The molecule has 1 fully saturated rings. The Hall–Kier alpha value is -2.74. The predicted octanol–water partition coefficient (Wildman–Crippen LogP) is 3.45. The summed E-state index contributed by atoms with van der Waals surface area (Å²) in [7, 11) is 0. The van der Waals surface area contributed by atoms with Gasteiger partial charge in [0.15, 0.2) is 0 Å². The summed E-state index contributed by atoms with van der Waals surface area (Å²) in [6.45, 7) is 6.29. The summed E-state index contributed by atoms with van der Waals surface area (Å²) in [4.78, 5) is 16.7. The van der Waals surface area contributed by atoms with E-state index < -0.39 is 0 Å². The van der Waals surface area contributed by atoms with E-state index >= 15 is 0 Å². The van der Waals surface area contributed by atoms with Gasteiger partial charge in [-0.25, -0.2) is 0 Å². The minimum absolute atomic E-state index is 0.00795. The molecule has 0 saturated carbocycles. The van der Waals surface area contributed by atoms with Crippen LogP contribution in [0.3, 0.4) is 0 Å². The second kappa shape index (κ2) is 9.38. The maximum atomic E-state index is 12.3. The van der Waals surface area contributed by atoms with Crippen LogP contribution < -0.4 is 5.32 Å². The van der Waals surface area contributed by atoms with E-state index in [-0.39, 0.29) is 5.91 Å². The zero-order valence-corrected chi connectivity index (χ0v) is 17.6. The molecule has 0 radical (unpaired) electrons. The van der Waals surface area contributed by atoms with Crippen molar-refractivity contribution in [2.75, 3.05) is 38.0 Å². The van der Waals surface area contributed by atoms with Crippen LogP contribution in [0.25, 0.3) is 11.5 Å². The van der Waals surface area contributed by atoms with Crippen LogP contribution in [0.4, 0.5) is 5.69 Å². The Morgan fingerprint density at radius 1 is 1.03 bits per heavy atom. The van der Waals surface area contributed by atoms with Crippen molar-refractivity contribution in [1.82, 2.24) is 20.0 Å². The largest absolute Gasteiger partial charge is 0.419 e. The van der Waals surface area contributed by atoms with Crippen LogP contribution >= 0.6 is 11.6 Å². The van der Waals surface area contributed by atoms with Crippen LogP contribution in [0.2, 0.25) is 5.02 Å². The molecule has 1 aromatic heterocycles. The van der Waals surface area contributed by atoms with Crippen LogP contribution in [0, 0.1) is 6.92 Å². The van der Waals surface area contributed by atoms with Crippen molar-refractivity contribution in [3.05, 3.63) is 65.0 Å². The van der Waals surface area contributed by atoms with E-state index in [1.807, 2.05) is 49.4 Å². The van der Waals surface area contributed by atoms with E-state index in [0.717, 1.165) is 37.4 Å². The number of aryl methyl sites for hydroxylation is 1. The van der Waals surface area contributed by atoms with Crippen LogP contribution in [0.5, 0.6) is 0 Å². The van der Waals surface area contributed by atoms with Crippen LogP contribution in [-0.2, 0) is 11.3 Å².